The Morgan fingerprint density at radius 3 is 2.61 bits per heavy atom. The molecule has 0 fully saturated rings. The number of benzene rings is 1. The van der Waals surface area contributed by atoms with Crippen molar-refractivity contribution in [3.05, 3.63) is 23.8 Å². The second-order valence-corrected chi connectivity index (χ2v) is 3.93. The smallest absolute Gasteiger partial charge is 0.163 e. The molecule has 1 aromatic carbocycles. The largest absolute Gasteiger partial charge is 0.486 e. The van der Waals surface area contributed by atoms with Crippen LogP contribution in [0.1, 0.15) is 5.56 Å². The van der Waals surface area contributed by atoms with Gasteiger partial charge < -0.3 is 14.8 Å². The third-order valence-electron chi connectivity index (χ3n) is 2.84. The van der Waals surface area contributed by atoms with Gasteiger partial charge in [0, 0.05) is 18.5 Å². The summed E-state index contributed by atoms with van der Waals surface area (Å²) < 4.78 is 11.0. The summed E-state index contributed by atoms with van der Waals surface area (Å²) in [5, 5.41) is 12.8. The maximum Gasteiger partial charge on any atom is 0.163 e. The van der Waals surface area contributed by atoms with Gasteiger partial charge >= 0.3 is 0 Å². The molecule has 5 heteroatoms. The Labute approximate surface area is 104 Å². The van der Waals surface area contributed by atoms with Gasteiger partial charge in [0.25, 0.3) is 0 Å². The zero-order valence-electron chi connectivity index (χ0n) is 9.86. The molecule has 0 atom stereocenters. The van der Waals surface area contributed by atoms with Crippen molar-refractivity contribution in [2.75, 3.05) is 25.6 Å². The maximum atomic E-state index is 9.06. The van der Waals surface area contributed by atoms with E-state index in [1.807, 2.05) is 12.1 Å². The van der Waals surface area contributed by atoms with Crippen LogP contribution in [0.3, 0.4) is 0 Å². The van der Waals surface area contributed by atoms with Crippen molar-refractivity contribution in [2.45, 2.75) is 0 Å². The van der Waals surface area contributed by atoms with Gasteiger partial charge in [0.2, 0.25) is 0 Å². The molecule has 0 amide bonds. The Morgan fingerprint density at radius 2 is 1.94 bits per heavy atom. The fourth-order valence-electron chi connectivity index (χ4n) is 1.99. The minimum atomic E-state index is 0.515. The highest BCUT2D eigenvalue weighted by molar-refractivity contribution is 5.86. The summed E-state index contributed by atoms with van der Waals surface area (Å²) >= 11 is 0. The van der Waals surface area contributed by atoms with Crippen LogP contribution < -0.4 is 14.8 Å². The van der Waals surface area contributed by atoms with Gasteiger partial charge in [-0.1, -0.05) is 0 Å². The topological polar surface area (TPSA) is 67.2 Å². The zero-order valence-corrected chi connectivity index (χ0v) is 9.86. The predicted octanol–water partition coefficient (Wildman–Crippen LogP) is 1.92. The van der Waals surface area contributed by atoms with E-state index in [1.165, 1.54) is 0 Å². The lowest BCUT2D eigenvalue weighted by atomic mass is 10.1. The molecule has 1 aliphatic rings. The van der Waals surface area contributed by atoms with Crippen LogP contribution in [0, 0.1) is 11.3 Å². The molecule has 1 aliphatic heterocycles. The van der Waals surface area contributed by atoms with Crippen molar-refractivity contribution in [1.82, 2.24) is 4.98 Å². The van der Waals surface area contributed by atoms with Crippen molar-refractivity contribution in [1.29, 1.82) is 5.26 Å². The number of rotatable bonds is 1. The van der Waals surface area contributed by atoms with E-state index in [2.05, 4.69) is 16.4 Å². The number of hydrogen-bond donors (Lipinski definition) is 1. The predicted molar refractivity (Wildman–Crippen MR) is 67.0 cm³/mol. The fourth-order valence-corrected chi connectivity index (χ4v) is 1.99. The summed E-state index contributed by atoms with van der Waals surface area (Å²) in [6.07, 6.45) is 0. The molecule has 0 spiro atoms. The van der Waals surface area contributed by atoms with Crippen molar-refractivity contribution in [3.8, 4) is 17.6 Å². The van der Waals surface area contributed by atoms with E-state index in [9.17, 15) is 0 Å². The third kappa shape index (κ3) is 1.59. The SMILES string of the molecule is CNc1nc2cc3c(cc2cc1C#N)OCCO3. The van der Waals surface area contributed by atoms with Gasteiger partial charge in [-0.2, -0.15) is 5.26 Å². The Hall–Kier alpha value is -2.48. The van der Waals surface area contributed by atoms with E-state index < -0.39 is 0 Å². The van der Waals surface area contributed by atoms with E-state index in [1.54, 1.807) is 13.1 Å². The van der Waals surface area contributed by atoms with Crippen molar-refractivity contribution in [3.63, 3.8) is 0 Å². The lowest BCUT2D eigenvalue weighted by Gasteiger charge is -2.18. The number of nitriles is 1. The van der Waals surface area contributed by atoms with Gasteiger partial charge in [-0.3, -0.25) is 0 Å². The number of nitrogens with zero attached hydrogens (tertiary/aromatic N) is 2. The molecule has 18 heavy (non-hydrogen) atoms. The zero-order chi connectivity index (χ0) is 12.5. The minimum Gasteiger partial charge on any atom is -0.486 e. The molecule has 2 heterocycles. The van der Waals surface area contributed by atoms with Gasteiger partial charge in [0.1, 0.15) is 25.1 Å². The molecule has 0 saturated carbocycles. The van der Waals surface area contributed by atoms with E-state index in [0.717, 1.165) is 10.9 Å². The van der Waals surface area contributed by atoms with E-state index in [0.29, 0.717) is 36.1 Å². The summed E-state index contributed by atoms with van der Waals surface area (Å²) in [6.45, 7) is 1.10. The van der Waals surface area contributed by atoms with Crippen LogP contribution in [0.5, 0.6) is 11.5 Å². The number of nitrogens with one attached hydrogen (secondary N) is 1. The van der Waals surface area contributed by atoms with Crippen LogP contribution in [0.15, 0.2) is 18.2 Å². The van der Waals surface area contributed by atoms with Gasteiger partial charge in [-0.15, -0.1) is 0 Å². The standard InChI is InChI=1S/C13H11N3O2/c1-15-13-9(7-14)4-8-5-11-12(6-10(8)16-13)18-3-2-17-11/h4-6H,2-3H2,1H3,(H,15,16). The van der Waals surface area contributed by atoms with E-state index in [-0.39, 0.29) is 0 Å². The first kappa shape index (κ1) is 10.7. The van der Waals surface area contributed by atoms with Crippen molar-refractivity contribution in [2.24, 2.45) is 0 Å². The highest BCUT2D eigenvalue weighted by Crippen LogP contribution is 2.34. The van der Waals surface area contributed by atoms with Crippen LogP contribution in [-0.2, 0) is 0 Å². The third-order valence-corrected chi connectivity index (χ3v) is 2.84. The van der Waals surface area contributed by atoms with Crippen molar-refractivity contribution < 1.29 is 9.47 Å². The molecular formula is C13H11N3O2. The van der Waals surface area contributed by atoms with Gasteiger partial charge in [0.15, 0.2) is 11.5 Å². The van der Waals surface area contributed by atoms with Gasteiger partial charge in [-0.05, 0) is 12.1 Å². The average Bonchev–Trinajstić information content (AvgIpc) is 2.43. The second kappa shape index (κ2) is 4.08. The molecule has 90 valence electrons. The maximum absolute atomic E-state index is 9.06. The second-order valence-electron chi connectivity index (χ2n) is 3.93. The summed E-state index contributed by atoms with van der Waals surface area (Å²) in [5.74, 6) is 1.98. The molecular weight excluding hydrogens is 230 g/mol. The molecule has 0 unspecified atom stereocenters. The Morgan fingerprint density at radius 1 is 1.22 bits per heavy atom. The summed E-state index contributed by atoms with van der Waals surface area (Å²) in [5.41, 5.74) is 1.30. The first-order chi connectivity index (χ1) is 8.81. The number of hydrogen-bond acceptors (Lipinski definition) is 5. The van der Waals surface area contributed by atoms with Crippen LogP contribution >= 0.6 is 0 Å². The first-order valence-corrected chi connectivity index (χ1v) is 5.64. The molecule has 0 bridgehead atoms. The van der Waals surface area contributed by atoms with Gasteiger partial charge in [-0.25, -0.2) is 4.98 Å². The fraction of sp³-hybridized carbons (Fsp3) is 0.231. The molecule has 5 nitrogen and oxygen atoms in total. The quantitative estimate of drug-likeness (QED) is 0.826. The highest BCUT2D eigenvalue weighted by Gasteiger charge is 2.14. The first-order valence-electron chi connectivity index (χ1n) is 5.64. The summed E-state index contributed by atoms with van der Waals surface area (Å²) in [4.78, 5) is 4.40. The molecule has 1 aromatic heterocycles. The van der Waals surface area contributed by atoms with Crippen LogP contribution in [-0.4, -0.2) is 25.2 Å². The lowest BCUT2D eigenvalue weighted by Crippen LogP contribution is -2.15. The summed E-state index contributed by atoms with van der Waals surface area (Å²) in [7, 11) is 1.74. The minimum absolute atomic E-state index is 0.515. The Bertz CT molecular complexity index is 661. The number of pyridine rings is 1. The summed E-state index contributed by atoms with van der Waals surface area (Å²) in [6, 6.07) is 7.62. The Balaban J connectivity index is 2.25. The number of fused-ring (bicyclic) bond motifs is 2. The van der Waals surface area contributed by atoms with Gasteiger partial charge in [0.05, 0.1) is 11.1 Å². The number of aromatic nitrogens is 1. The monoisotopic (exact) mass is 241 g/mol. The van der Waals surface area contributed by atoms with Crippen molar-refractivity contribution >= 4 is 16.7 Å². The highest BCUT2D eigenvalue weighted by atomic mass is 16.6. The molecule has 0 radical (unpaired) electrons. The van der Waals surface area contributed by atoms with E-state index >= 15 is 0 Å². The number of anilines is 1. The van der Waals surface area contributed by atoms with Crippen LogP contribution in [0.25, 0.3) is 10.9 Å². The molecule has 0 saturated heterocycles. The lowest BCUT2D eigenvalue weighted by molar-refractivity contribution is 0.172. The number of ether oxygens (including phenoxy) is 2. The molecule has 2 aromatic rings. The van der Waals surface area contributed by atoms with Crippen LogP contribution in [0.4, 0.5) is 5.82 Å². The normalized spacial score (nSPS) is 13.1. The van der Waals surface area contributed by atoms with E-state index in [4.69, 9.17) is 14.7 Å². The average molecular weight is 241 g/mol. The molecule has 3 rings (SSSR count). The molecule has 1 N–H and O–H groups in total. The Kier molecular flexibility index (Phi) is 2.41. The molecule has 0 aliphatic carbocycles. The van der Waals surface area contributed by atoms with Crippen LogP contribution in [0.2, 0.25) is 0 Å².